The molecule has 0 unspecified atom stereocenters. The zero-order valence-electron chi connectivity index (χ0n) is 16.3. The van der Waals surface area contributed by atoms with Crippen molar-refractivity contribution in [1.82, 2.24) is 9.97 Å². The van der Waals surface area contributed by atoms with Crippen molar-refractivity contribution in [3.05, 3.63) is 77.9 Å². The molecule has 2 aromatic heterocycles. The van der Waals surface area contributed by atoms with E-state index in [0.717, 1.165) is 27.9 Å². The normalized spacial score (nSPS) is 10.5. The first-order valence-corrected chi connectivity index (χ1v) is 9.25. The van der Waals surface area contributed by atoms with Crippen LogP contribution in [0.4, 0.5) is 5.69 Å². The number of carbonyl (C=O) groups excluding carboxylic acids is 2. The number of aryl methyl sites for hydroxylation is 1. The largest absolute Gasteiger partial charge is 0.315 e. The molecule has 0 radical (unpaired) electrons. The zero-order chi connectivity index (χ0) is 20.1. The van der Waals surface area contributed by atoms with Gasteiger partial charge in [0.1, 0.15) is 5.69 Å². The molecule has 0 saturated heterocycles. The van der Waals surface area contributed by atoms with E-state index in [9.17, 15) is 9.59 Å². The highest BCUT2D eigenvalue weighted by Gasteiger charge is 2.13. The monoisotopic (exact) mass is 373 g/mol. The Labute approximate surface area is 165 Å². The second kappa shape index (κ2) is 8.57. The summed E-state index contributed by atoms with van der Waals surface area (Å²) >= 11 is 0. The molecule has 142 valence electrons. The summed E-state index contributed by atoms with van der Waals surface area (Å²) in [6, 6.07) is 13.3. The average molecular weight is 373 g/mol. The number of ketones is 1. The van der Waals surface area contributed by atoms with Crippen LogP contribution in [-0.2, 0) is 11.2 Å². The van der Waals surface area contributed by atoms with Gasteiger partial charge in [-0.3, -0.25) is 19.6 Å². The fourth-order valence-electron chi connectivity index (χ4n) is 3.09. The predicted octanol–water partition coefficient (Wildman–Crippen LogP) is 4.25. The Morgan fingerprint density at radius 1 is 1.00 bits per heavy atom. The van der Waals surface area contributed by atoms with Crippen LogP contribution in [0.2, 0.25) is 0 Å². The molecular formula is C23H23N3O2. The fraction of sp³-hybridized carbons (Fsp3) is 0.217. The molecule has 0 atom stereocenters. The van der Waals surface area contributed by atoms with E-state index in [2.05, 4.69) is 9.97 Å². The summed E-state index contributed by atoms with van der Waals surface area (Å²) in [5, 5.41) is 0. The van der Waals surface area contributed by atoms with E-state index < -0.39 is 0 Å². The molecule has 0 N–H and O–H groups in total. The van der Waals surface area contributed by atoms with Crippen LogP contribution in [0.3, 0.4) is 0 Å². The van der Waals surface area contributed by atoms with E-state index in [1.807, 2.05) is 50.2 Å². The number of anilines is 1. The SMILES string of the molecule is CCC(=O)N(C)c1ccc(-c2ccc(C(=O)Cc3ccncc3)nc2)cc1C. The molecule has 28 heavy (non-hydrogen) atoms. The molecule has 3 aromatic rings. The first-order chi connectivity index (χ1) is 13.5. The van der Waals surface area contributed by atoms with Gasteiger partial charge in [0.05, 0.1) is 0 Å². The highest BCUT2D eigenvalue weighted by Crippen LogP contribution is 2.27. The molecule has 0 saturated carbocycles. The summed E-state index contributed by atoms with van der Waals surface area (Å²) in [4.78, 5) is 34.3. The van der Waals surface area contributed by atoms with Gasteiger partial charge < -0.3 is 4.90 Å². The number of aromatic nitrogens is 2. The van der Waals surface area contributed by atoms with Crippen molar-refractivity contribution < 1.29 is 9.59 Å². The minimum Gasteiger partial charge on any atom is -0.315 e. The van der Waals surface area contributed by atoms with Gasteiger partial charge in [0, 0.05) is 49.7 Å². The summed E-state index contributed by atoms with van der Waals surface area (Å²) < 4.78 is 0. The lowest BCUT2D eigenvalue weighted by molar-refractivity contribution is -0.118. The number of hydrogen-bond donors (Lipinski definition) is 0. The molecule has 1 amide bonds. The Bertz CT molecular complexity index is 982. The molecule has 0 aliphatic carbocycles. The van der Waals surface area contributed by atoms with Crippen LogP contribution < -0.4 is 4.90 Å². The molecule has 0 aliphatic rings. The quantitative estimate of drug-likeness (QED) is 0.606. The van der Waals surface area contributed by atoms with E-state index in [0.29, 0.717) is 18.5 Å². The maximum atomic E-state index is 12.4. The number of benzene rings is 1. The molecule has 0 aliphatic heterocycles. The van der Waals surface area contributed by atoms with E-state index in [1.54, 1.807) is 36.6 Å². The maximum absolute atomic E-state index is 12.4. The van der Waals surface area contributed by atoms with Crippen LogP contribution in [0.15, 0.2) is 61.1 Å². The zero-order valence-corrected chi connectivity index (χ0v) is 16.3. The van der Waals surface area contributed by atoms with Gasteiger partial charge in [-0.05, 0) is 53.9 Å². The van der Waals surface area contributed by atoms with Gasteiger partial charge in [0.15, 0.2) is 5.78 Å². The molecule has 5 nitrogen and oxygen atoms in total. The molecular weight excluding hydrogens is 350 g/mol. The number of Topliss-reactive ketones (excluding diaryl/α,β-unsaturated/α-hetero) is 1. The Morgan fingerprint density at radius 3 is 2.32 bits per heavy atom. The average Bonchev–Trinajstić information content (AvgIpc) is 2.73. The highest BCUT2D eigenvalue weighted by molar-refractivity contribution is 5.96. The molecule has 5 heteroatoms. The lowest BCUT2D eigenvalue weighted by Crippen LogP contribution is -2.25. The minimum absolute atomic E-state index is 0.0241. The van der Waals surface area contributed by atoms with Gasteiger partial charge in [-0.25, -0.2) is 0 Å². The first kappa shape index (κ1) is 19.4. The molecule has 3 rings (SSSR count). The molecule has 0 fully saturated rings. The Kier molecular flexibility index (Phi) is 5.94. The van der Waals surface area contributed by atoms with Crippen LogP contribution >= 0.6 is 0 Å². The van der Waals surface area contributed by atoms with Crippen molar-refractivity contribution in [1.29, 1.82) is 0 Å². The number of amides is 1. The molecule has 0 bridgehead atoms. The lowest BCUT2D eigenvalue weighted by Gasteiger charge is -2.19. The minimum atomic E-state index is -0.0241. The number of rotatable bonds is 6. The van der Waals surface area contributed by atoms with Crippen LogP contribution in [-0.4, -0.2) is 28.7 Å². The standard InChI is InChI=1S/C23H23N3O2/c1-4-23(28)26(3)21-8-6-18(13-16(21)2)19-5-7-20(25-15-19)22(27)14-17-9-11-24-12-10-17/h5-13,15H,4,14H2,1-3H3. The smallest absolute Gasteiger partial charge is 0.226 e. The van der Waals surface area contributed by atoms with Crippen molar-refractivity contribution in [3.63, 3.8) is 0 Å². The summed E-state index contributed by atoms with van der Waals surface area (Å²) in [5.74, 6) is 0.0542. The van der Waals surface area contributed by atoms with E-state index in [-0.39, 0.29) is 11.7 Å². The van der Waals surface area contributed by atoms with Crippen molar-refractivity contribution in [3.8, 4) is 11.1 Å². The lowest BCUT2D eigenvalue weighted by atomic mass is 10.0. The van der Waals surface area contributed by atoms with Gasteiger partial charge in [-0.2, -0.15) is 0 Å². The van der Waals surface area contributed by atoms with Crippen molar-refractivity contribution >= 4 is 17.4 Å². The van der Waals surface area contributed by atoms with Crippen LogP contribution in [0, 0.1) is 6.92 Å². The first-order valence-electron chi connectivity index (χ1n) is 9.25. The summed E-state index contributed by atoms with van der Waals surface area (Å²) in [6.07, 6.45) is 5.85. The third-order valence-corrected chi connectivity index (χ3v) is 4.73. The fourth-order valence-corrected chi connectivity index (χ4v) is 3.09. The summed E-state index contributed by atoms with van der Waals surface area (Å²) in [7, 11) is 1.79. The third-order valence-electron chi connectivity index (χ3n) is 4.73. The van der Waals surface area contributed by atoms with Gasteiger partial charge in [-0.15, -0.1) is 0 Å². The van der Waals surface area contributed by atoms with E-state index >= 15 is 0 Å². The number of carbonyl (C=O) groups is 2. The Morgan fingerprint density at radius 2 is 1.71 bits per heavy atom. The van der Waals surface area contributed by atoms with Gasteiger partial charge in [0.2, 0.25) is 5.91 Å². The van der Waals surface area contributed by atoms with E-state index in [1.165, 1.54) is 0 Å². The van der Waals surface area contributed by atoms with Gasteiger partial charge in [0.25, 0.3) is 0 Å². The van der Waals surface area contributed by atoms with Crippen LogP contribution in [0.1, 0.15) is 35.0 Å². The summed E-state index contributed by atoms with van der Waals surface area (Å²) in [6.45, 7) is 3.84. The number of nitrogens with zero attached hydrogens (tertiary/aromatic N) is 3. The predicted molar refractivity (Wildman–Crippen MR) is 110 cm³/mol. The van der Waals surface area contributed by atoms with Gasteiger partial charge in [-0.1, -0.05) is 19.1 Å². The second-order valence-electron chi connectivity index (χ2n) is 6.70. The van der Waals surface area contributed by atoms with Crippen molar-refractivity contribution in [2.24, 2.45) is 0 Å². The van der Waals surface area contributed by atoms with Crippen LogP contribution in [0.25, 0.3) is 11.1 Å². The van der Waals surface area contributed by atoms with Gasteiger partial charge >= 0.3 is 0 Å². The molecule has 2 heterocycles. The third kappa shape index (κ3) is 4.31. The summed E-state index contributed by atoms with van der Waals surface area (Å²) in [5.41, 5.74) is 5.20. The van der Waals surface area contributed by atoms with Crippen LogP contribution in [0.5, 0.6) is 0 Å². The van der Waals surface area contributed by atoms with E-state index in [4.69, 9.17) is 0 Å². The Balaban J connectivity index is 1.77. The topological polar surface area (TPSA) is 63.2 Å². The second-order valence-corrected chi connectivity index (χ2v) is 6.70. The van der Waals surface area contributed by atoms with Crippen molar-refractivity contribution in [2.75, 3.05) is 11.9 Å². The molecule has 0 spiro atoms. The van der Waals surface area contributed by atoms with Crippen molar-refractivity contribution in [2.45, 2.75) is 26.7 Å². The molecule has 1 aromatic carbocycles. The Hall–Kier alpha value is -3.34. The number of pyridine rings is 2. The number of hydrogen-bond acceptors (Lipinski definition) is 4. The highest BCUT2D eigenvalue weighted by atomic mass is 16.2. The maximum Gasteiger partial charge on any atom is 0.226 e.